The first kappa shape index (κ1) is 35.0. The lowest BCUT2D eigenvalue weighted by Gasteiger charge is -2.16. The van der Waals surface area contributed by atoms with Crippen molar-refractivity contribution in [1.82, 2.24) is 14.8 Å². The zero-order valence-corrected chi connectivity index (χ0v) is 26.2. The van der Waals surface area contributed by atoms with Gasteiger partial charge in [-0.15, -0.1) is 4.33 Å². The van der Waals surface area contributed by atoms with Crippen LogP contribution < -0.4 is 0 Å². The summed E-state index contributed by atoms with van der Waals surface area (Å²) in [6.45, 7) is 17.1. The summed E-state index contributed by atoms with van der Waals surface area (Å²) in [6, 6.07) is 11.8. The van der Waals surface area contributed by atoms with Crippen molar-refractivity contribution in [3.05, 3.63) is 76.3 Å². The number of benzene rings is 2. The maximum absolute atomic E-state index is 12.4. The van der Waals surface area contributed by atoms with Crippen LogP contribution in [-0.2, 0) is 18.1 Å². The molecular weight excluding hydrogens is 561 g/mol. The summed E-state index contributed by atoms with van der Waals surface area (Å²) in [5, 5.41) is 4.88. The molecule has 0 saturated carbocycles. The molecule has 0 spiro atoms. The maximum Gasteiger partial charge on any atom is 0.194 e. The van der Waals surface area contributed by atoms with Crippen molar-refractivity contribution in [2.45, 2.75) is 48.5 Å². The van der Waals surface area contributed by atoms with Gasteiger partial charge in [0.1, 0.15) is 12.7 Å². The van der Waals surface area contributed by atoms with E-state index in [0.29, 0.717) is 33.2 Å². The molecule has 8 nitrogen and oxygen atoms in total. The van der Waals surface area contributed by atoms with E-state index in [2.05, 4.69) is 60.8 Å². The van der Waals surface area contributed by atoms with E-state index < -0.39 is 0 Å². The highest BCUT2D eigenvalue weighted by Gasteiger charge is 2.14. The highest BCUT2D eigenvalue weighted by molar-refractivity contribution is 7.89. The molecule has 2 aromatic carbocycles. The van der Waals surface area contributed by atoms with Crippen molar-refractivity contribution in [3.63, 3.8) is 0 Å². The fourth-order valence-corrected chi connectivity index (χ4v) is 3.46. The van der Waals surface area contributed by atoms with E-state index in [9.17, 15) is 4.79 Å². The standard InChI is InChI=1S/C15H9Cl2N3O.C7H16O.C6H14O3S/c16-11-3-6-14(17)13(7-11)15(21)10-1-4-12(5-2-10)20-9-18-8-19-20;1-5-8-6-7(2,3)4;1-6(2,3)5-8-10-9-7-4/h1-9H;5-6H2,1-4H3;5H2,1-4H3. The molecule has 0 aliphatic carbocycles. The van der Waals surface area contributed by atoms with Crippen LogP contribution in [0.5, 0.6) is 0 Å². The number of ether oxygens (including phenoxy) is 1. The van der Waals surface area contributed by atoms with E-state index in [4.69, 9.17) is 32.1 Å². The summed E-state index contributed by atoms with van der Waals surface area (Å²) < 4.78 is 16.2. The van der Waals surface area contributed by atoms with Gasteiger partial charge in [-0.25, -0.2) is 14.6 Å². The van der Waals surface area contributed by atoms with Crippen molar-refractivity contribution < 1.29 is 22.9 Å². The Labute approximate surface area is 246 Å². The molecule has 0 bridgehead atoms. The zero-order valence-electron chi connectivity index (χ0n) is 23.9. The number of hydrogen-bond acceptors (Lipinski definition) is 8. The summed E-state index contributed by atoms with van der Waals surface area (Å²) in [4.78, 5) is 20.6. The molecule has 0 saturated heterocycles. The van der Waals surface area contributed by atoms with Crippen LogP contribution in [0.4, 0.5) is 0 Å². The number of rotatable bonds is 9. The van der Waals surface area contributed by atoms with Gasteiger partial charge in [0.2, 0.25) is 0 Å². The van der Waals surface area contributed by atoms with Crippen LogP contribution in [0, 0.1) is 10.8 Å². The molecule has 0 radical (unpaired) electrons. The highest BCUT2D eigenvalue weighted by atomic mass is 35.5. The molecule has 0 unspecified atom stereocenters. The number of halogens is 2. The molecule has 216 valence electrons. The molecule has 1 heterocycles. The quantitative estimate of drug-likeness (QED) is 0.0802. The molecular formula is C28H39Cl2N3O5S. The molecule has 0 aliphatic heterocycles. The Hall–Kier alpha value is -1.98. The van der Waals surface area contributed by atoms with Crippen LogP contribution in [0.15, 0.2) is 55.1 Å². The predicted molar refractivity (Wildman–Crippen MR) is 158 cm³/mol. The highest BCUT2D eigenvalue weighted by Crippen LogP contribution is 2.24. The minimum Gasteiger partial charge on any atom is -0.381 e. The van der Waals surface area contributed by atoms with E-state index in [-0.39, 0.29) is 11.2 Å². The Morgan fingerprint density at radius 2 is 1.62 bits per heavy atom. The van der Waals surface area contributed by atoms with Gasteiger partial charge in [-0.1, -0.05) is 64.7 Å². The third kappa shape index (κ3) is 15.4. The maximum atomic E-state index is 12.4. The van der Waals surface area contributed by atoms with Crippen LogP contribution in [0.2, 0.25) is 10.0 Å². The molecule has 0 atom stereocenters. The molecule has 0 fully saturated rings. The topological polar surface area (TPSA) is 84.7 Å². The molecule has 39 heavy (non-hydrogen) atoms. The van der Waals surface area contributed by atoms with E-state index in [1.165, 1.54) is 13.4 Å². The van der Waals surface area contributed by atoms with Crippen LogP contribution in [0.25, 0.3) is 5.69 Å². The molecule has 0 aliphatic rings. The summed E-state index contributed by atoms with van der Waals surface area (Å²) in [7, 11) is 1.44. The van der Waals surface area contributed by atoms with Gasteiger partial charge in [-0.05, 0) is 60.2 Å². The van der Waals surface area contributed by atoms with Gasteiger partial charge in [0, 0.05) is 22.8 Å². The van der Waals surface area contributed by atoms with Gasteiger partial charge in [-0.3, -0.25) is 8.98 Å². The van der Waals surface area contributed by atoms with E-state index in [1.807, 2.05) is 6.92 Å². The third-order valence-electron chi connectivity index (χ3n) is 4.36. The number of carbonyl (C=O) groups excluding carboxylic acids is 1. The van der Waals surface area contributed by atoms with E-state index in [0.717, 1.165) is 31.2 Å². The van der Waals surface area contributed by atoms with Crippen LogP contribution in [0.1, 0.15) is 64.4 Å². The van der Waals surface area contributed by atoms with Crippen LogP contribution in [-0.4, -0.2) is 47.5 Å². The van der Waals surface area contributed by atoms with Gasteiger partial charge in [0.15, 0.2) is 18.1 Å². The normalized spacial score (nSPS) is 11.2. The average Bonchev–Trinajstić information content (AvgIpc) is 3.41. The lowest BCUT2D eigenvalue weighted by molar-refractivity contribution is -0.167. The first-order chi connectivity index (χ1) is 18.3. The van der Waals surface area contributed by atoms with Crippen LogP contribution in [0.3, 0.4) is 0 Å². The molecule has 3 rings (SSSR count). The Morgan fingerprint density at radius 1 is 0.974 bits per heavy atom. The van der Waals surface area contributed by atoms with Crippen LogP contribution >= 0.6 is 35.5 Å². The fourth-order valence-electron chi connectivity index (χ4n) is 2.59. The third-order valence-corrected chi connectivity index (χ3v) is 5.33. The number of hydrogen-bond donors (Lipinski definition) is 0. The second-order valence-corrected chi connectivity index (χ2v) is 12.0. The Balaban J connectivity index is 0.000000354. The van der Waals surface area contributed by atoms with E-state index in [1.54, 1.807) is 53.5 Å². The number of carbonyl (C=O) groups is 1. The van der Waals surface area contributed by atoms with Gasteiger partial charge in [-0.2, -0.15) is 5.10 Å². The second-order valence-electron chi connectivity index (χ2n) is 10.7. The Morgan fingerprint density at radius 3 is 2.10 bits per heavy atom. The minimum absolute atomic E-state index is 0.171. The van der Waals surface area contributed by atoms with Gasteiger partial charge >= 0.3 is 0 Å². The van der Waals surface area contributed by atoms with Crippen molar-refractivity contribution in [3.8, 4) is 5.69 Å². The first-order valence-electron chi connectivity index (χ1n) is 12.3. The average molecular weight is 601 g/mol. The van der Waals surface area contributed by atoms with E-state index >= 15 is 0 Å². The molecule has 3 aromatic rings. The summed E-state index contributed by atoms with van der Waals surface area (Å²) in [6.07, 6.45) is 3.04. The predicted octanol–water partition coefficient (Wildman–Crippen LogP) is 8.06. The number of ketones is 1. The molecule has 11 heteroatoms. The lowest BCUT2D eigenvalue weighted by Crippen LogP contribution is -2.14. The monoisotopic (exact) mass is 599 g/mol. The zero-order chi connectivity index (χ0) is 29.5. The fraction of sp³-hybridized carbons (Fsp3) is 0.464. The largest absolute Gasteiger partial charge is 0.381 e. The van der Waals surface area contributed by atoms with Crippen molar-refractivity contribution in [2.24, 2.45) is 10.8 Å². The number of aromatic nitrogens is 3. The van der Waals surface area contributed by atoms with Crippen molar-refractivity contribution in [1.29, 1.82) is 0 Å². The van der Waals surface area contributed by atoms with Gasteiger partial charge in [0.25, 0.3) is 0 Å². The summed E-state index contributed by atoms with van der Waals surface area (Å²) in [5.74, 6) is -0.173. The van der Waals surface area contributed by atoms with Crippen molar-refractivity contribution in [2.75, 3.05) is 26.9 Å². The Kier molecular flexibility index (Phi) is 15.9. The smallest absolute Gasteiger partial charge is 0.194 e. The Bertz CT molecular complexity index is 1100. The number of nitrogens with zero attached hydrogens (tertiary/aromatic N) is 3. The second kappa shape index (κ2) is 17.7. The summed E-state index contributed by atoms with van der Waals surface area (Å²) >= 11 is 12.8. The SMILES string of the molecule is CCOCC(C)(C)C.COOSOCC(C)(C)C.O=C(c1ccc(-n2cncn2)cc1)c1cc(Cl)ccc1Cl. The molecule has 0 N–H and O–H groups in total. The molecule has 0 amide bonds. The van der Waals surface area contributed by atoms with Crippen molar-refractivity contribution >= 4 is 41.3 Å². The summed E-state index contributed by atoms with van der Waals surface area (Å²) in [5.41, 5.74) is 2.24. The first-order valence-corrected chi connectivity index (χ1v) is 13.7. The van der Waals surface area contributed by atoms with Gasteiger partial charge < -0.3 is 4.74 Å². The molecule has 1 aromatic heterocycles. The van der Waals surface area contributed by atoms with Gasteiger partial charge in [0.05, 0.1) is 31.0 Å². The minimum atomic E-state index is -0.173. The lowest BCUT2D eigenvalue weighted by atomic mass is 9.99.